The third kappa shape index (κ3) is 4.92. The summed E-state index contributed by atoms with van der Waals surface area (Å²) in [4.78, 5) is 36.4. The van der Waals surface area contributed by atoms with Crippen molar-refractivity contribution in [3.8, 4) is 11.3 Å². The van der Waals surface area contributed by atoms with Crippen LogP contribution in [0.2, 0.25) is 0 Å². The zero-order valence-corrected chi connectivity index (χ0v) is 18.9. The second-order valence-electron chi connectivity index (χ2n) is 7.96. The van der Waals surface area contributed by atoms with Gasteiger partial charge in [0.05, 0.1) is 35.6 Å². The van der Waals surface area contributed by atoms with Crippen molar-refractivity contribution in [2.75, 3.05) is 13.1 Å². The lowest BCUT2D eigenvalue weighted by Crippen LogP contribution is -2.42. The Morgan fingerprint density at radius 2 is 2.06 bits per heavy atom. The quantitative estimate of drug-likeness (QED) is 0.446. The maximum absolute atomic E-state index is 13.6. The highest BCUT2D eigenvalue weighted by molar-refractivity contribution is 6.07. The standard InChI is InChI=1S/C24H26N6O3/c1-4-29(15-22(31)27-16(2)3)24(32)19-11-21(17-7-5-9-25-12-17)28-23-20(19)13-26-30(23)14-18-8-6-10-33-18/h5-13,16H,4,14-15H2,1-3H3,(H,27,31). The zero-order chi connectivity index (χ0) is 23.4. The summed E-state index contributed by atoms with van der Waals surface area (Å²) >= 11 is 0. The highest BCUT2D eigenvalue weighted by Crippen LogP contribution is 2.26. The lowest BCUT2D eigenvalue weighted by Gasteiger charge is -2.22. The van der Waals surface area contributed by atoms with Crippen LogP contribution in [0.4, 0.5) is 0 Å². The number of hydrogen-bond acceptors (Lipinski definition) is 6. The van der Waals surface area contributed by atoms with Crippen molar-refractivity contribution in [2.45, 2.75) is 33.4 Å². The Kier molecular flexibility index (Phi) is 6.48. The topological polar surface area (TPSA) is 106 Å². The number of rotatable bonds is 8. The van der Waals surface area contributed by atoms with Gasteiger partial charge in [0.2, 0.25) is 5.91 Å². The van der Waals surface area contributed by atoms with Gasteiger partial charge < -0.3 is 14.6 Å². The van der Waals surface area contributed by atoms with E-state index in [4.69, 9.17) is 9.40 Å². The number of nitrogens with one attached hydrogen (secondary N) is 1. The van der Waals surface area contributed by atoms with Crippen molar-refractivity contribution in [1.82, 2.24) is 30.0 Å². The Balaban J connectivity index is 1.78. The summed E-state index contributed by atoms with van der Waals surface area (Å²) in [5.41, 5.74) is 2.37. The number of carbonyl (C=O) groups is 2. The lowest BCUT2D eigenvalue weighted by atomic mass is 10.1. The van der Waals surface area contributed by atoms with Crippen molar-refractivity contribution in [2.24, 2.45) is 0 Å². The molecule has 0 aliphatic carbocycles. The molecule has 0 bridgehead atoms. The second-order valence-corrected chi connectivity index (χ2v) is 7.96. The molecule has 0 aliphatic rings. The summed E-state index contributed by atoms with van der Waals surface area (Å²) in [6.07, 6.45) is 6.62. The van der Waals surface area contributed by atoms with E-state index in [1.54, 1.807) is 35.6 Å². The first-order valence-corrected chi connectivity index (χ1v) is 10.8. The molecular weight excluding hydrogens is 420 g/mol. The van der Waals surface area contributed by atoms with E-state index in [-0.39, 0.29) is 24.4 Å². The van der Waals surface area contributed by atoms with Gasteiger partial charge in [-0.3, -0.25) is 14.6 Å². The van der Waals surface area contributed by atoms with Crippen molar-refractivity contribution >= 4 is 22.8 Å². The largest absolute Gasteiger partial charge is 0.467 e. The van der Waals surface area contributed by atoms with Gasteiger partial charge >= 0.3 is 0 Å². The number of pyridine rings is 2. The second kappa shape index (κ2) is 9.64. The summed E-state index contributed by atoms with van der Waals surface area (Å²) in [5.74, 6) is 0.264. The Morgan fingerprint density at radius 3 is 2.73 bits per heavy atom. The van der Waals surface area contributed by atoms with Crippen LogP contribution in [0, 0.1) is 0 Å². The SMILES string of the molecule is CCN(CC(=O)NC(C)C)C(=O)c1cc(-c2cccnc2)nc2c1cnn2Cc1ccco1. The molecule has 0 saturated heterocycles. The maximum Gasteiger partial charge on any atom is 0.255 e. The number of furan rings is 1. The van der Waals surface area contributed by atoms with E-state index in [1.165, 1.54) is 4.90 Å². The minimum Gasteiger partial charge on any atom is -0.467 e. The van der Waals surface area contributed by atoms with Gasteiger partial charge in [-0.1, -0.05) is 0 Å². The van der Waals surface area contributed by atoms with Crippen LogP contribution in [0.5, 0.6) is 0 Å². The first-order valence-electron chi connectivity index (χ1n) is 10.8. The number of amides is 2. The molecule has 0 unspecified atom stereocenters. The number of aromatic nitrogens is 4. The third-order valence-corrected chi connectivity index (χ3v) is 5.14. The van der Waals surface area contributed by atoms with Crippen molar-refractivity contribution in [3.63, 3.8) is 0 Å². The number of carbonyl (C=O) groups excluding carboxylic acids is 2. The predicted octanol–water partition coefficient (Wildman–Crippen LogP) is 3.12. The van der Waals surface area contributed by atoms with Crippen LogP contribution in [-0.2, 0) is 11.3 Å². The predicted molar refractivity (Wildman–Crippen MR) is 123 cm³/mol. The lowest BCUT2D eigenvalue weighted by molar-refractivity contribution is -0.122. The van der Waals surface area contributed by atoms with Crippen LogP contribution in [-0.4, -0.2) is 55.6 Å². The fourth-order valence-corrected chi connectivity index (χ4v) is 3.59. The highest BCUT2D eigenvalue weighted by atomic mass is 16.3. The average molecular weight is 447 g/mol. The van der Waals surface area contributed by atoms with Crippen LogP contribution in [0.1, 0.15) is 36.9 Å². The van der Waals surface area contributed by atoms with Crippen LogP contribution < -0.4 is 5.32 Å². The average Bonchev–Trinajstić information content (AvgIpc) is 3.47. The fraction of sp³-hybridized carbons (Fsp3) is 0.292. The molecule has 0 radical (unpaired) electrons. The Bertz CT molecular complexity index is 1250. The van der Waals surface area contributed by atoms with Gasteiger partial charge in [0.25, 0.3) is 5.91 Å². The van der Waals surface area contributed by atoms with Gasteiger partial charge in [0, 0.05) is 30.5 Å². The summed E-state index contributed by atoms with van der Waals surface area (Å²) in [6.45, 7) is 6.35. The van der Waals surface area contributed by atoms with Crippen LogP contribution in [0.3, 0.4) is 0 Å². The molecule has 4 aromatic rings. The Hall–Kier alpha value is -4.01. The molecule has 0 spiro atoms. The van der Waals surface area contributed by atoms with E-state index in [0.717, 1.165) is 11.3 Å². The molecule has 0 saturated carbocycles. The highest BCUT2D eigenvalue weighted by Gasteiger charge is 2.23. The summed E-state index contributed by atoms with van der Waals surface area (Å²) in [6, 6.07) is 9.11. The summed E-state index contributed by atoms with van der Waals surface area (Å²) < 4.78 is 7.16. The van der Waals surface area contributed by atoms with Crippen molar-refractivity contribution in [1.29, 1.82) is 0 Å². The normalized spacial score (nSPS) is 11.2. The minimum atomic E-state index is -0.258. The summed E-state index contributed by atoms with van der Waals surface area (Å²) in [7, 11) is 0. The van der Waals surface area contributed by atoms with Crippen LogP contribution in [0.15, 0.2) is 59.6 Å². The molecular formula is C24H26N6O3. The molecule has 33 heavy (non-hydrogen) atoms. The van der Waals surface area contributed by atoms with Gasteiger partial charge in [0.15, 0.2) is 5.65 Å². The number of hydrogen-bond donors (Lipinski definition) is 1. The molecule has 4 rings (SSSR count). The molecule has 0 aromatic carbocycles. The van der Waals surface area contributed by atoms with Gasteiger partial charge in [-0.15, -0.1) is 0 Å². The molecule has 9 nitrogen and oxygen atoms in total. The molecule has 4 aromatic heterocycles. The van der Waals surface area contributed by atoms with Crippen molar-refractivity contribution < 1.29 is 14.0 Å². The smallest absolute Gasteiger partial charge is 0.255 e. The Labute approximate surface area is 191 Å². The molecule has 1 N–H and O–H groups in total. The number of fused-ring (bicyclic) bond motifs is 1. The molecule has 170 valence electrons. The monoisotopic (exact) mass is 446 g/mol. The Morgan fingerprint density at radius 1 is 1.21 bits per heavy atom. The number of nitrogens with zero attached hydrogens (tertiary/aromatic N) is 5. The maximum atomic E-state index is 13.6. The van der Waals surface area contributed by atoms with Crippen LogP contribution >= 0.6 is 0 Å². The first-order chi connectivity index (χ1) is 16.0. The molecule has 0 atom stereocenters. The summed E-state index contributed by atoms with van der Waals surface area (Å²) in [5, 5.41) is 7.91. The van der Waals surface area contributed by atoms with E-state index >= 15 is 0 Å². The van der Waals surface area contributed by atoms with E-state index in [0.29, 0.717) is 35.4 Å². The van der Waals surface area contributed by atoms with Gasteiger partial charge in [-0.2, -0.15) is 5.10 Å². The van der Waals surface area contributed by atoms with Gasteiger partial charge in [-0.05, 0) is 51.1 Å². The molecule has 9 heteroatoms. The van der Waals surface area contributed by atoms with E-state index in [2.05, 4.69) is 15.4 Å². The third-order valence-electron chi connectivity index (χ3n) is 5.14. The van der Waals surface area contributed by atoms with E-state index < -0.39 is 0 Å². The molecule has 4 heterocycles. The van der Waals surface area contributed by atoms with E-state index in [1.807, 2.05) is 45.0 Å². The fourth-order valence-electron chi connectivity index (χ4n) is 3.59. The zero-order valence-electron chi connectivity index (χ0n) is 18.9. The molecule has 0 fully saturated rings. The first kappa shape index (κ1) is 22.2. The molecule has 0 aliphatic heterocycles. The van der Waals surface area contributed by atoms with E-state index in [9.17, 15) is 9.59 Å². The van der Waals surface area contributed by atoms with Gasteiger partial charge in [-0.25, -0.2) is 9.67 Å². The van der Waals surface area contributed by atoms with Crippen molar-refractivity contribution in [3.05, 3.63) is 66.5 Å². The van der Waals surface area contributed by atoms with Crippen LogP contribution in [0.25, 0.3) is 22.3 Å². The van der Waals surface area contributed by atoms with Gasteiger partial charge in [0.1, 0.15) is 12.3 Å². The number of likely N-dealkylation sites (N-methyl/N-ethyl adjacent to an activating group) is 1. The molecule has 2 amide bonds. The minimum absolute atomic E-state index is 0.00374.